The number of halogens is 3. The molecular formula is C18H23F3N2O2. The average Bonchev–Trinajstić information content (AvgIpc) is 2.93. The van der Waals surface area contributed by atoms with Gasteiger partial charge in [0, 0.05) is 32.6 Å². The van der Waals surface area contributed by atoms with Gasteiger partial charge in [0.15, 0.2) is 0 Å². The van der Waals surface area contributed by atoms with Crippen LogP contribution in [0.1, 0.15) is 31.2 Å². The quantitative estimate of drug-likeness (QED) is 0.810. The molecule has 2 aliphatic rings. The van der Waals surface area contributed by atoms with E-state index in [1.54, 1.807) is 12.1 Å². The summed E-state index contributed by atoms with van der Waals surface area (Å²) in [6.07, 6.45) is -0.820. The van der Waals surface area contributed by atoms with Crippen LogP contribution in [0, 0.1) is 5.92 Å². The molecule has 0 radical (unpaired) electrons. The summed E-state index contributed by atoms with van der Waals surface area (Å²) in [6.45, 7) is 4.30. The van der Waals surface area contributed by atoms with Crippen molar-refractivity contribution in [1.29, 1.82) is 0 Å². The van der Waals surface area contributed by atoms with Gasteiger partial charge in [-0.15, -0.1) is 13.2 Å². The third-order valence-electron chi connectivity index (χ3n) is 4.82. The number of likely N-dealkylation sites (tertiary alicyclic amines) is 2. The lowest BCUT2D eigenvalue weighted by Crippen LogP contribution is -2.41. The minimum absolute atomic E-state index is 0.194. The summed E-state index contributed by atoms with van der Waals surface area (Å²) in [5, 5.41) is 0. The zero-order valence-electron chi connectivity index (χ0n) is 14.1. The highest BCUT2D eigenvalue weighted by atomic mass is 19.4. The van der Waals surface area contributed by atoms with Crippen LogP contribution >= 0.6 is 0 Å². The van der Waals surface area contributed by atoms with Crippen molar-refractivity contribution in [2.24, 2.45) is 5.92 Å². The van der Waals surface area contributed by atoms with Crippen molar-refractivity contribution < 1.29 is 22.7 Å². The van der Waals surface area contributed by atoms with Crippen LogP contribution in [0.3, 0.4) is 0 Å². The molecule has 1 aromatic rings. The van der Waals surface area contributed by atoms with Gasteiger partial charge < -0.3 is 9.64 Å². The van der Waals surface area contributed by atoms with Gasteiger partial charge in [-0.05, 0) is 49.4 Å². The first-order valence-electron chi connectivity index (χ1n) is 8.74. The van der Waals surface area contributed by atoms with Crippen molar-refractivity contribution in [2.45, 2.75) is 38.6 Å². The van der Waals surface area contributed by atoms with E-state index in [0.29, 0.717) is 18.9 Å². The standard InChI is InChI=1S/C18H23F3N2O2/c19-18(20,21)25-16-7-5-14(6-8-16)11-22-9-1-3-15(12-22)13-23-10-2-4-17(23)24/h5-8,15H,1-4,9-13H2/t15-/m1/s1. The molecule has 0 aromatic heterocycles. The van der Waals surface area contributed by atoms with Gasteiger partial charge in [0.1, 0.15) is 5.75 Å². The third-order valence-corrected chi connectivity index (χ3v) is 4.82. The Hall–Kier alpha value is -1.76. The first-order chi connectivity index (χ1) is 11.9. The molecule has 2 aliphatic heterocycles. The van der Waals surface area contributed by atoms with Crippen molar-refractivity contribution in [1.82, 2.24) is 9.80 Å². The fraction of sp³-hybridized carbons (Fsp3) is 0.611. The van der Waals surface area contributed by atoms with Crippen LogP contribution in [0.15, 0.2) is 24.3 Å². The molecule has 2 saturated heterocycles. The van der Waals surface area contributed by atoms with Crippen LogP contribution in [-0.4, -0.2) is 48.2 Å². The van der Waals surface area contributed by atoms with E-state index in [1.807, 2.05) is 4.90 Å². The Morgan fingerprint density at radius 2 is 1.88 bits per heavy atom. The molecule has 2 fully saturated rings. The molecule has 1 atom stereocenters. The summed E-state index contributed by atoms with van der Waals surface area (Å²) in [6, 6.07) is 6.06. The Morgan fingerprint density at radius 1 is 1.12 bits per heavy atom. The predicted molar refractivity (Wildman–Crippen MR) is 86.9 cm³/mol. The summed E-state index contributed by atoms with van der Waals surface area (Å²) in [4.78, 5) is 16.1. The number of carbonyl (C=O) groups excluding carboxylic acids is 1. The van der Waals surface area contributed by atoms with Gasteiger partial charge in [-0.25, -0.2) is 0 Å². The van der Waals surface area contributed by atoms with Gasteiger partial charge in [-0.1, -0.05) is 12.1 Å². The summed E-state index contributed by atoms with van der Waals surface area (Å²) in [5.41, 5.74) is 0.965. The van der Waals surface area contributed by atoms with Crippen LogP contribution in [-0.2, 0) is 11.3 Å². The molecule has 7 heteroatoms. The Morgan fingerprint density at radius 3 is 2.52 bits per heavy atom. The smallest absolute Gasteiger partial charge is 0.406 e. The lowest BCUT2D eigenvalue weighted by atomic mass is 9.97. The number of ether oxygens (including phenoxy) is 1. The highest BCUT2D eigenvalue weighted by Gasteiger charge is 2.31. The maximum Gasteiger partial charge on any atom is 0.573 e. The molecule has 2 heterocycles. The maximum absolute atomic E-state index is 12.2. The van der Waals surface area contributed by atoms with Crippen molar-refractivity contribution in [3.8, 4) is 5.75 Å². The number of piperidine rings is 1. The van der Waals surface area contributed by atoms with E-state index in [1.165, 1.54) is 12.1 Å². The Bertz CT molecular complexity index is 589. The fourth-order valence-corrected chi connectivity index (χ4v) is 3.71. The van der Waals surface area contributed by atoms with Crippen LogP contribution in [0.4, 0.5) is 13.2 Å². The summed E-state index contributed by atoms with van der Waals surface area (Å²) in [5.74, 6) is 0.543. The molecule has 0 spiro atoms. The number of benzene rings is 1. The second kappa shape index (κ2) is 7.64. The van der Waals surface area contributed by atoms with E-state index in [4.69, 9.17) is 0 Å². The van der Waals surface area contributed by atoms with E-state index in [9.17, 15) is 18.0 Å². The molecule has 0 bridgehead atoms. The lowest BCUT2D eigenvalue weighted by Gasteiger charge is -2.34. The molecule has 0 N–H and O–H groups in total. The number of amides is 1. The van der Waals surface area contributed by atoms with E-state index >= 15 is 0 Å². The zero-order chi connectivity index (χ0) is 17.9. The minimum atomic E-state index is -4.66. The van der Waals surface area contributed by atoms with Gasteiger partial charge >= 0.3 is 6.36 Å². The summed E-state index contributed by atoms with van der Waals surface area (Å²) >= 11 is 0. The Labute approximate surface area is 145 Å². The van der Waals surface area contributed by atoms with Gasteiger partial charge in [0.05, 0.1) is 0 Å². The fourth-order valence-electron chi connectivity index (χ4n) is 3.71. The highest BCUT2D eigenvalue weighted by Crippen LogP contribution is 2.25. The number of rotatable bonds is 5. The average molecular weight is 356 g/mol. The van der Waals surface area contributed by atoms with Gasteiger partial charge in [0.25, 0.3) is 0 Å². The van der Waals surface area contributed by atoms with Crippen molar-refractivity contribution in [3.63, 3.8) is 0 Å². The molecule has 0 saturated carbocycles. The number of carbonyl (C=O) groups is 1. The van der Waals surface area contributed by atoms with Gasteiger partial charge in [0.2, 0.25) is 5.91 Å². The first kappa shape index (κ1) is 18.0. The first-order valence-corrected chi connectivity index (χ1v) is 8.74. The van der Waals surface area contributed by atoms with E-state index in [-0.39, 0.29) is 11.7 Å². The van der Waals surface area contributed by atoms with Crippen LogP contribution in [0.25, 0.3) is 0 Å². The lowest BCUT2D eigenvalue weighted by molar-refractivity contribution is -0.274. The van der Waals surface area contributed by atoms with Gasteiger partial charge in [-0.2, -0.15) is 0 Å². The predicted octanol–water partition coefficient (Wildman–Crippen LogP) is 3.42. The molecule has 25 heavy (non-hydrogen) atoms. The second-order valence-corrected chi connectivity index (χ2v) is 6.88. The molecule has 0 aliphatic carbocycles. The SMILES string of the molecule is O=C1CCCN1C[C@@H]1CCCN(Cc2ccc(OC(F)(F)F)cc2)C1. The van der Waals surface area contributed by atoms with Crippen molar-refractivity contribution in [3.05, 3.63) is 29.8 Å². The number of hydrogen-bond acceptors (Lipinski definition) is 3. The number of nitrogens with zero attached hydrogens (tertiary/aromatic N) is 2. The van der Waals surface area contributed by atoms with Crippen molar-refractivity contribution >= 4 is 5.91 Å². The second-order valence-electron chi connectivity index (χ2n) is 6.88. The molecular weight excluding hydrogens is 333 g/mol. The van der Waals surface area contributed by atoms with Crippen LogP contribution < -0.4 is 4.74 Å². The molecule has 3 rings (SSSR count). The number of alkyl halides is 3. The molecule has 4 nitrogen and oxygen atoms in total. The Kier molecular flexibility index (Phi) is 5.51. The largest absolute Gasteiger partial charge is 0.573 e. The minimum Gasteiger partial charge on any atom is -0.406 e. The summed E-state index contributed by atoms with van der Waals surface area (Å²) in [7, 11) is 0. The normalized spacial score (nSPS) is 22.4. The van der Waals surface area contributed by atoms with E-state index < -0.39 is 6.36 Å². The molecule has 1 aromatic carbocycles. The highest BCUT2D eigenvalue weighted by molar-refractivity contribution is 5.78. The molecule has 0 unspecified atom stereocenters. The van der Waals surface area contributed by atoms with E-state index in [2.05, 4.69) is 9.64 Å². The zero-order valence-corrected chi connectivity index (χ0v) is 14.1. The third kappa shape index (κ3) is 5.36. The van der Waals surface area contributed by atoms with Crippen molar-refractivity contribution in [2.75, 3.05) is 26.2 Å². The Balaban J connectivity index is 1.51. The van der Waals surface area contributed by atoms with E-state index in [0.717, 1.165) is 51.0 Å². The topological polar surface area (TPSA) is 32.8 Å². The molecule has 138 valence electrons. The molecule has 1 amide bonds. The van der Waals surface area contributed by atoms with Gasteiger partial charge in [-0.3, -0.25) is 9.69 Å². The van der Waals surface area contributed by atoms with Crippen LogP contribution in [0.2, 0.25) is 0 Å². The van der Waals surface area contributed by atoms with Crippen LogP contribution in [0.5, 0.6) is 5.75 Å². The monoisotopic (exact) mass is 356 g/mol. The number of hydrogen-bond donors (Lipinski definition) is 0. The summed E-state index contributed by atoms with van der Waals surface area (Å²) < 4.78 is 40.5. The maximum atomic E-state index is 12.2.